The van der Waals surface area contributed by atoms with Gasteiger partial charge < -0.3 is 15.0 Å². The number of aliphatic carboxylic acids is 1. The second-order valence-corrected chi connectivity index (χ2v) is 7.31. The van der Waals surface area contributed by atoms with Crippen molar-refractivity contribution in [1.82, 2.24) is 9.55 Å². The first-order chi connectivity index (χ1) is 13.2. The van der Waals surface area contributed by atoms with E-state index >= 15 is 0 Å². The normalized spacial score (nSPS) is 15.1. The van der Waals surface area contributed by atoms with Gasteiger partial charge in [-0.2, -0.15) is 0 Å². The van der Waals surface area contributed by atoms with E-state index in [4.69, 9.17) is 10.1 Å². The number of aryl methyl sites for hydroxylation is 1. The fraction of sp³-hybridized carbons (Fsp3) is 0.364. The zero-order valence-corrected chi connectivity index (χ0v) is 15.4. The third-order valence-electron chi connectivity index (χ3n) is 5.35. The number of rotatable bonds is 6. The number of hydrogen-bond donors (Lipinski definition) is 2. The Bertz CT molecular complexity index is 927. The average Bonchev–Trinajstić information content (AvgIpc) is 3.04. The molecule has 0 bridgehead atoms. The van der Waals surface area contributed by atoms with E-state index in [1.807, 2.05) is 42.5 Å². The first-order valence-corrected chi connectivity index (χ1v) is 9.75. The van der Waals surface area contributed by atoms with Crippen LogP contribution in [0.4, 0.5) is 11.6 Å². The van der Waals surface area contributed by atoms with Crippen LogP contribution >= 0.6 is 0 Å². The number of aromatic nitrogens is 2. The third-order valence-corrected chi connectivity index (χ3v) is 5.35. The van der Waals surface area contributed by atoms with Crippen LogP contribution in [0.5, 0.6) is 0 Å². The second kappa shape index (κ2) is 7.82. The Morgan fingerprint density at radius 1 is 1.11 bits per heavy atom. The summed E-state index contributed by atoms with van der Waals surface area (Å²) >= 11 is 0. The van der Waals surface area contributed by atoms with E-state index in [0.29, 0.717) is 12.5 Å². The van der Waals surface area contributed by atoms with Gasteiger partial charge in [0.05, 0.1) is 11.0 Å². The van der Waals surface area contributed by atoms with Crippen LogP contribution in [-0.4, -0.2) is 20.6 Å². The molecule has 3 aromatic rings. The highest BCUT2D eigenvalue weighted by atomic mass is 16.4. The van der Waals surface area contributed by atoms with Gasteiger partial charge in [-0.3, -0.25) is 4.79 Å². The van der Waals surface area contributed by atoms with Crippen LogP contribution in [0.25, 0.3) is 11.0 Å². The van der Waals surface area contributed by atoms with Gasteiger partial charge >= 0.3 is 5.97 Å². The number of carboxylic acid groups (broad SMARTS) is 1. The predicted octanol–water partition coefficient (Wildman–Crippen LogP) is 5.30. The highest BCUT2D eigenvalue weighted by molar-refractivity contribution is 5.81. The van der Waals surface area contributed by atoms with Crippen molar-refractivity contribution in [2.45, 2.75) is 51.0 Å². The molecule has 1 fully saturated rings. The van der Waals surface area contributed by atoms with Crippen LogP contribution in [0.15, 0.2) is 48.5 Å². The Labute approximate surface area is 159 Å². The number of fused-ring (bicyclic) bond motifs is 1. The monoisotopic (exact) mass is 363 g/mol. The summed E-state index contributed by atoms with van der Waals surface area (Å²) in [6.45, 7) is 0. The summed E-state index contributed by atoms with van der Waals surface area (Å²) < 4.78 is 2.35. The van der Waals surface area contributed by atoms with E-state index in [1.165, 1.54) is 32.1 Å². The van der Waals surface area contributed by atoms with E-state index in [9.17, 15) is 4.79 Å². The number of nitrogens with one attached hydrogen (secondary N) is 1. The summed E-state index contributed by atoms with van der Waals surface area (Å²) in [5.41, 5.74) is 4.10. The summed E-state index contributed by atoms with van der Waals surface area (Å²) in [6, 6.07) is 16.8. The number of nitrogens with zero attached hydrogens (tertiary/aromatic N) is 2. The van der Waals surface area contributed by atoms with E-state index in [1.54, 1.807) is 0 Å². The van der Waals surface area contributed by atoms with Crippen molar-refractivity contribution in [3.8, 4) is 0 Å². The molecule has 5 nitrogen and oxygen atoms in total. The number of imidazole rings is 1. The maximum atomic E-state index is 10.9. The van der Waals surface area contributed by atoms with Crippen LogP contribution in [0, 0.1) is 0 Å². The van der Waals surface area contributed by atoms with Gasteiger partial charge in [0, 0.05) is 18.2 Å². The minimum atomic E-state index is -0.769. The van der Waals surface area contributed by atoms with Crippen molar-refractivity contribution in [1.29, 1.82) is 0 Å². The van der Waals surface area contributed by atoms with Crippen molar-refractivity contribution in [2.75, 3.05) is 5.32 Å². The maximum absolute atomic E-state index is 10.9. The summed E-state index contributed by atoms with van der Waals surface area (Å²) in [4.78, 5) is 15.7. The number of hydrogen-bond acceptors (Lipinski definition) is 3. The van der Waals surface area contributed by atoms with Gasteiger partial charge in [0.1, 0.15) is 0 Å². The quantitative estimate of drug-likeness (QED) is 0.623. The Kier molecular flexibility index (Phi) is 5.10. The molecule has 0 atom stereocenters. The van der Waals surface area contributed by atoms with Gasteiger partial charge in [-0.25, -0.2) is 4.98 Å². The van der Waals surface area contributed by atoms with Crippen molar-refractivity contribution in [3.05, 3.63) is 54.1 Å². The predicted molar refractivity (Wildman–Crippen MR) is 108 cm³/mol. The van der Waals surface area contributed by atoms with Crippen LogP contribution < -0.4 is 5.32 Å². The highest BCUT2D eigenvalue weighted by Crippen LogP contribution is 2.35. The van der Waals surface area contributed by atoms with Crippen molar-refractivity contribution < 1.29 is 9.90 Å². The van der Waals surface area contributed by atoms with Crippen molar-refractivity contribution >= 4 is 28.6 Å². The Morgan fingerprint density at radius 2 is 1.89 bits per heavy atom. The molecule has 0 saturated heterocycles. The molecule has 0 unspecified atom stereocenters. The van der Waals surface area contributed by atoms with Gasteiger partial charge in [-0.05, 0) is 49.1 Å². The third kappa shape index (κ3) is 3.97. The Balaban J connectivity index is 1.72. The highest BCUT2D eigenvalue weighted by Gasteiger charge is 2.21. The lowest BCUT2D eigenvalue weighted by Crippen LogP contribution is -2.14. The standard InChI is InChI=1S/C22H25N3O2/c26-21(27)14-12-16-11-13-20-19(15-16)24-22(23-17-7-3-1-4-8-17)25(20)18-9-5-2-6-10-18/h1,3-4,7-8,11,13,15,18H,2,5-6,9-10,12,14H2,(H,23,24)(H,26,27). The molecule has 1 saturated carbocycles. The molecule has 1 aliphatic rings. The van der Waals surface area contributed by atoms with Crippen LogP contribution in [-0.2, 0) is 11.2 Å². The minimum absolute atomic E-state index is 0.143. The topological polar surface area (TPSA) is 67.2 Å². The number of anilines is 2. The van der Waals surface area contributed by atoms with Gasteiger partial charge in [0.25, 0.3) is 0 Å². The zero-order valence-electron chi connectivity index (χ0n) is 15.4. The lowest BCUT2D eigenvalue weighted by atomic mass is 9.95. The molecule has 0 aliphatic heterocycles. The van der Waals surface area contributed by atoms with Crippen LogP contribution in [0.2, 0.25) is 0 Å². The SMILES string of the molecule is O=C(O)CCc1ccc2c(c1)nc(Nc1ccccc1)n2C1CCCCC1. The molecule has 140 valence electrons. The molecule has 2 N–H and O–H groups in total. The maximum Gasteiger partial charge on any atom is 0.303 e. The van der Waals surface area contributed by atoms with E-state index in [-0.39, 0.29) is 6.42 Å². The number of carboxylic acids is 1. The zero-order chi connectivity index (χ0) is 18.6. The average molecular weight is 363 g/mol. The smallest absolute Gasteiger partial charge is 0.303 e. The van der Waals surface area contributed by atoms with E-state index in [0.717, 1.165) is 28.2 Å². The molecule has 27 heavy (non-hydrogen) atoms. The Hall–Kier alpha value is -2.82. The Morgan fingerprint density at radius 3 is 2.63 bits per heavy atom. The number of para-hydroxylation sites is 1. The molecule has 1 aliphatic carbocycles. The molecule has 0 spiro atoms. The first-order valence-electron chi connectivity index (χ1n) is 9.75. The van der Waals surface area contributed by atoms with Crippen molar-refractivity contribution in [3.63, 3.8) is 0 Å². The largest absolute Gasteiger partial charge is 0.481 e. The van der Waals surface area contributed by atoms with E-state index < -0.39 is 5.97 Å². The summed E-state index contributed by atoms with van der Waals surface area (Å²) in [5, 5.41) is 12.4. The molecule has 1 aromatic heterocycles. The first kappa shape index (κ1) is 17.6. The van der Waals surface area contributed by atoms with Gasteiger partial charge in [-0.15, -0.1) is 0 Å². The fourth-order valence-electron chi connectivity index (χ4n) is 4.00. The molecular weight excluding hydrogens is 338 g/mol. The molecular formula is C22H25N3O2. The van der Waals surface area contributed by atoms with Gasteiger partial charge in [0.15, 0.2) is 0 Å². The lowest BCUT2D eigenvalue weighted by molar-refractivity contribution is -0.136. The van der Waals surface area contributed by atoms with Crippen LogP contribution in [0.3, 0.4) is 0 Å². The molecule has 4 rings (SSSR count). The minimum Gasteiger partial charge on any atom is -0.481 e. The van der Waals surface area contributed by atoms with Gasteiger partial charge in [-0.1, -0.05) is 43.5 Å². The number of carbonyl (C=O) groups is 1. The molecule has 0 radical (unpaired) electrons. The van der Waals surface area contributed by atoms with E-state index in [2.05, 4.69) is 16.0 Å². The summed E-state index contributed by atoms with van der Waals surface area (Å²) in [5.74, 6) is 0.104. The second-order valence-electron chi connectivity index (χ2n) is 7.31. The molecule has 0 amide bonds. The summed E-state index contributed by atoms with van der Waals surface area (Å²) in [7, 11) is 0. The fourth-order valence-corrected chi connectivity index (χ4v) is 4.00. The number of benzene rings is 2. The van der Waals surface area contributed by atoms with Crippen molar-refractivity contribution in [2.24, 2.45) is 0 Å². The lowest BCUT2D eigenvalue weighted by Gasteiger charge is -2.25. The molecule has 1 heterocycles. The molecule has 5 heteroatoms. The summed E-state index contributed by atoms with van der Waals surface area (Å²) in [6.07, 6.45) is 6.85. The van der Waals surface area contributed by atoms with Crippen LogP contribution in [0.1, 0.15) is 50.1 Å². The molecule has 2 aromatic carbocycles. The van der Waals surface area contributed by atoms with Gasteiger partial charge in [0.2, 0.25) is 5.95 Å².